The number of rotatable bonds is 9. The van der Waals surface area contributed by atoms with Crippen molar-refractivity contribution in [2.75, 3.05) is 37.6 Å². The topological polar surface area (TPSA) is 99.5 Å². The number of methoxy groups -OCH3 is 1. The Morgan fingerprint density at radius 1 is 1.13 bits per heavy atom. The first-order valence-corrected chi connectivity index (χ1v) is 13.5. The summed E-state index contributed by atoms with van der Waals surface area (Å²) in [7, 11) is -2.43. The zero-order valence-corrected chi connectivity index (χ0v) is 22.6. The van der Waals surface area contributed by atoms with Gasteiger partial charge in [-0.1, -0.05) is 23.4 Å². The second-order valence-electron chi connectivity index (χ2n) is 8.97. The van der Waals surface area contributed by atoms with E-state index in [9.17, 15) is 17.6 Å². The number of sulfonamides is 1. The molecule has 0 atom stereocenters. The number of benzene rings is 2. The second kappa shape index (κ2) is 13.0. The van der Waals surface area contributed by atoms with Crippen LogP contribution >= 0.6 is 12.4 Å². The van der Waals surface area contributed by atoms with Gasteiger partial charge in [-0.25, -0.2) is 12.8 Å². The number of ketones is 1. The summed E-state index contributed by atoms with van der Waals surface area (Å²) in [6, 6.07) is 12.6. The predicted molar refractivity (Wildman–Crippen MR) is 147 cm³/mol. The summed E-state index contributed by atoms with van der Waals surface area (Å²) in [4.78, 5) is 15.1. The average Bonchev–Trinajstić information content (AvgIpc) is 2.93. The molecule has 1 saturated heterocycles. The van der Waals surface area contributed by atoms with E-state index in [-0.39, 0.29) is 47.8 Å². The Labute approximate surface area is 228 Å². The maximum Gasteiger partial charge on any atom is 0.264 e. The van der Waals surface area contributed by atoms with Gasteiger partial charge < -0.3 is 14.8 Å². The number of carbonyl (C=O) groups excluding carboxylic acids is 1. The highest BCUT2D eigenvalue weighted by Gasteiger charge is 2.31. The van der Waals surface area contributed by atoms with Crippen molar-refractivity contribution in [1.82, 2.24) is 4.90 Å². The molecule has 0 unspecified atom stereocenters. The number of hydrogen-bond donors (Lipinski definition) is 1. The average molecular weight is 564 g/mol. The monoisotopic (exact) mass is 563 g/mol. The molecule has 38 heavy (non-hydrogen) atoms. The summed E-state index contributed by atoms with van der Waals surface area (Å²) in [5, 5.41) is 12.1. The van der Waals surface area contributed by atoms with Crippen molar-refractivity contribution >= 4 is 39.6 Å². The van der Waals surface area contributed by atoms with E-state index in [0.29, 0.717) is 55.2 Å². The van der Waals surface area contributed by atoms with Crippen LogP contribution < -0.4 is 9.04 Å². The van der Waals surface area contributed by atoms with Crippen molar-refractivity contribution in [2.45, 2.75) is 19.3 Å². The molecule has 0 spiro atoms. The maximum atomic E-state index is 13.7. The van der Waals surface area contributed by atoms with E-state index in [2.05, 4.69) is 10.1 Å². The molecule has 0 amide bonds. The van der Waals surface area contributed by atoms with Crippen LogP contribution in [0, 0.1) is 11.7 Å². The van der Waals surface area contributed by atoms with Crippen LogP contribution in [0.4, 0.5) is 10.1 Å². The highest BCUT2D eigenvalue weighted by molar-refractivity contribution is 7.96. The number of ether oxygens (including phenoxy) is 1. The quantitative estimate of drug-likeness (QED) is 0.271. The van der Waals surface area contributed by atoms with Crippen molar-refractivity contribution in [2.24, 2.45) is 11.1 Å². The van der Waals surface area contributed by atoms with E-state index in [1.165, 1.54) is 53.9 Å². The third-order valence-electron chi connectivity index (χ3n) is 6.73. The van der Waals surface area contributed by atoms with Gasteiger partial charge in [-0.05, 0) is 74.5 Å². The number of anilines is 1. The van der Waals surface area contributed by atoms with Crippen molar-refractivity contribution in [3.8, 4) is 5.75 Å². The number of allylic oxidation sites excluding steroid dienone is 3. The number of nitrogens with zero attached hydrogens (tertiary/aromatic N) is 3. The van der Waals surface area contributed by atoms with Gasteiger partial charge in [0.15, 0.2) is 5.78 Å². The third kappa shape index (κ3) is 6.61. The fourth-order valence-electron chi connectivity index (χ4n) is 4.62. The molecule has 1 aliphatic carbocycles. The normalized spacial score (nSPS) is 17.5. The van der Waals surface area contributed by atoms with Gasteiger partial charge >= 0.3 is 0 Å². The Bertz CT molecular complexity index is 1320. The molecule has 4 rings (SSSR count). The van der Waals surface area contributed by atoms with Crippen LogP contribution in [0.25, 0.3) is 0 Å². The van der Waals surface area contributed by atoms with Gasteiger partial charge in [0.1, 0.15) is 11.6 Å². The zero-order valence-electron chi connectivity index (χ0n) is 21.0. The molecule has 0 radical (unpaired) electrons. The summed E-state index contributed by atoms with van der Waals surface area (Å²) in [5.41, 5.74) is 1.32. The molecule has 1 aliphatic heterocycles. The van der Waals surface area contributed by atoms with Crippen LogP contribution in [-0.2, 0) is 10.0 Å². The smallest absolute Gasteiger partial charge is 0.264 e. The minimum absolute atomic E-state index is 0. The number of Topliss-reactive ketones (excluding diaryl/α,β-unsaturated/α-hetero) is 1. The van der Waals surface area contributed by atoms with Gasteiger partial charge in [0.25, 0.3) is 10.0 Å². The van der Waals surface area contributed by atoms with E-state index >= 15 is 0 Å². The third-order valence-corrected chi connectivity index (χ3v) is 8.59. The summed E-state index contributed by atoms with van der Waals surface area (Å²) in [6.07, 6.45) is 5.94. The van der Waals surface area contributed by atoms with Crippen molar-refractivity contribution in [3.63, 3.8) is 0 Å². The lowest BCUT2D eigenvalue weighted by atomic mass is 9.89. The maximum absolute atomic E-state index is 13.7. The van der Waals surface area contributed by atoms with Crippen LogP contribution in [0.1, 0.15) is 29.6 Å². The molecular formula is C27H31ClFN3O5S. The standard InChI is InChI=1S/C27H30FN3O5S.ClH/c1-36-26-5-3-2-4-25(26)31(37(34,35)24-12-10-23(29-33)11-13-24)19-18-30-16-14-21(15-17-30)27(32)20-6-8-22(28)9-7-20;/h2-10,12-13,21,33H,11,14-19H2,1H3;1H. The second-order valence-corrected chi connectivity index (χ2v) is 10.8. The first kappa shape index (κ1) is 29.3. The van der Waals surface area contributed by atoms with Crippen molar-refractivity contribution in [3.05, 3.63) is 83.0 Å². The summed E-state index contributed by atoms with van der Waals surface area (Å²) < 4.78 is 47.4. The van der Waals surface area contributed by atoms with E-state index in [1.807, 2.05) is 0 Å². The van der Waals surface area contributed by atoms with Gasteiger partial charge in [-0.15, -0.1) is 12.4 Å². The molecule has 204 valence electrons. The molecule has 2 aromatic carbocycles. The van der Waals surface area contributed by atoms with E-state index in [1.54, 1.807) is 24.3 Å². The summed E-state index contributed by atoms with van der Waals surface area (Å²) >= 11 is 0. The zero-order chi connectivity index (χ0) is 26.4. The van der Waals surface area contributed by atoms with Crippen molar-refractivity contribution in [1.29, 1.82) is 0 Å². The Balaban J connectivity index is 0.00000400. The lowest BCUT2D eigenvalue weighted by Crippen LogP contribution is -2.43. The summed E-state index contributed by atoms with van der Waals surface area (Å²) in [6.45, 7) is 1.95. The fraction of sp³-hybridized carbons (Fsp3) is 0.333. The molecule has 0 saturated carbocycles. The molecule has 0 bridgehead atoms. The molecular weight excluding hydrogens is 533 g/mol. The number of oxime groups is 1. The molecule has 1 N–H and O–H groups in total. The Morgan fingerprint density at radius 2 is 1.82 bits per heavy atom. The molecule has 2 aliphatic rings. The predicted octanol–water partition coefficient (Wildman–Crippen LogP) is 4.66. The van der Waals surface area contributed by atoms with Gasteiger partial charge in [-0.2, -0.15) is 0 Å². The van der Waals surface area contributed by atoms with Gasteiger partial charge in [0, 0.05) is 31.0 Å². The largest absolute Gasteiger partial charge is 0.495 e. The number of carbonyl (C=O) groups is 1. The van der Waals surface area contributed by atoms with Gasteiger partial charge in [0.2, 0.25) is 0 Å². The highest BCUT2D eigenvalue weighted by Crippen LogP contribution is 2.33. The number of halogens is 2. The molecule has 8 nitrogen and oxygen atoms in total. The number of para-hydroxylation sites is 2. The molecule has 2 aromatic rings. The summed E-state index contributed by atoms with van der Waals surface area (Å²) in [5.74, 6) is -0.0644. The molecule has 1 heterocycles. The van der Waals surface area contributed by atoms with E-state index < -0.39 is 10.0 Å². The number of likely N-dealkylation sites (tertiary alicyclic amines) is 1. The SMILES string of the molecule is COc1ccccc1N(CCN1CCC(C(=O)c2ccc(F)cc2)CC1)S(=O)(=O)C1=CCC(=NO)C=C1.Cl. The first-order valence-electron chi connectivity index (χ1n) is 12.1. The fourth-order valence-corrected chi connectivity index (χ4v) is 6.14. The van der Waals surface area contributed by atoms with Crippen LogP contribution in [0.3, 0.4) is 0 Å². The van der Waals surface area contributed by atoms with E-state index in [0.717, 1.165) is 0 Å². The Hall–Kier alpha value is -3.21. The first-order chi connectivity index (χ1) is 17.8. The Morgan fingerprint density at radius 3 is 2.42 bits per heavy atom. The highest BCUT2D eigenvalue weighted by atomic mass is 35.5. The van der Waals surface area contributed by atoms with Gasteiger partial charge in [-0.3, -0.25) is 9.10 Å². The van der Waals surface area contributed by atoms with Crippen LogP contribution in [0.2, 0.25) is 0 Å². The minimum atomic E-state index is -3.93. The minimum Gasteiger partial charge on any atom is -0.495 e. The van der Waals surface area contributed by atoms with Crippen molar-refractivity contribution < 1.29 is 27.5 Å². The lowest BCUT2D eigenvalue weighted by Gasteiger charge is -2.34. The molecule has 11 heteroatoms. The van der Waals surface area contributed by atoms with Gasteiger partial charge in [0.05, 0.1) is 23.4 Å². The number of hydrogen-bond acceptors (Lipinski definition) is 7. The molecule has 0 aromatic heterocycles. The Kier molecular flexibility index (Phi) is 10.1. The van der Waals surface area contributed by atoms with E-state index in [4.69, 9.17) is 9.94 Å². The van der Waals surface area contributed by atoms with Crippen LogP contribution in [0.5, 0.6) is 5.75 Å². The van der Waals surface area contributed by atoms with Crippen LogP contribution in [0.15, 0.2) is 76.8 Å². The lowest BCUT2D eigenvalue weighted by molar-refractivity contribution is 0.0843. The van der Waals surface area contributed by atoms with Crippen LogP contribution in [-0.4, -0.2) is 63.3 Å². The number of piperidine rings is 1. The molecule has 1 fully saturated rings.